The van der Waals surface area contributed by atoms with Crippen LogP contribution >= 0.6 is 0 Å². The third-order valence-corrected chi connectivity index (χ3v) is 6.26. The molecular formula is C22H29F2N5O3. The molecule has 0 saturated carbocycles. The summed E-state index contributed by atoms with van der Waals surface area (Å²) in [6.45, 7) is 6.32. The molecule has 2 amide bonds. The zero-order chi connectivity index (χ0) is 23.2. The largest absolute Gasteiger partial charge is 0.444 e. The Morgan fingerprint density at radius 3 is 2.72 bits per heavy atom. The number of halogens is 2. The number of likely N-dealkylation sites (N-methyl/N-ethyl adjacent to an activating group) is 1. The van der Waals surface area contributed by atoms with Crippen molar-refractivity contribution in [3.8, 4) is 0 Å². The van der Waals surface area contributed by atoms with Crippen molar-refractivity contribution in [2.75, 3.05) is 7.05 Å². The molecule has 1 fully saturated rings. The average molecular weight is 450 g/mol. The first-order valence-corrected chi connectivity index (χ1v) is 10.8. The Kier molecular flexibility index (Phi) is 5.83. The van der Waals surface area contributed by atoms with Crippen molar-refractivity contribution in [1.82, 2.24) is 25.3 Å². The van der Waals surface area contributed by atoms with E-state index in [1.54, 1.807) is 34.0 Å². The molecule has 1 aromatic heterocycles. The summed E-state index contributed by atoms with van der Waals surface area (Å²) in [6.07, 6.45) is 3.38. The summed E-state index contributed by atoms with van der Waals surface area (Å²) < 4.78 is 34.2. The van der Waals surface area contributed by atoms with Gasteiger partial charge in [0, 0.05) is 38.0 Å². The van der Waals surface area contributed by atoms with Crippen LogP contribution in [0.15, 0.2) is 30.0 Å². The number of ether oxygens (including phenoxy) is 1. The standard InChI is InChI=1S/C22H29F2N5O3/c1-22(2,3)32-21(31)26-16-8-18(29-10-12-9-25-27-17(12)11-29)20(30)28(4)19(16)14-7-13(23)5-6-15(14)24/h5-6,9,14,16,18-19H,7-8,10-11H2,1-4H3,(H,25,27)(H,26,31)/t14?,16?,18?,19-/m1/s1. The van der Waals surface area contributed by atoms with Gasteiger partial charge in [-0.3, -0.25) is 14.8 Å². The summed E-state index contributed by atoms with van der Waals surface area (Å²) in [5.74, 6) is -2.03. The van der Waals surface area contributed by atoms with Gasteiger partial charge in [0.05, 0.1) is 30.0 Å². The fourth-order valence-electron chi connectivity index (χ4n) is 4.85. The van der Waals surface area contributed by atoms with Gasteiger partial charge in [0.2, 0.25) is 5.91 Å². The zero-order valence-electron chi connectivity index (χ0n) is 18.7. The molecule has 0 bridgehead atoms. The number of nitrogens with zero attached hydrogens (tertiary/aromatic N) is 3. The normalized spacial score (nSPS) is 28.8. The number of amides is 2. The first kappa shape index (κ1) is 22.4. The van der Waals surface area contributed by atoms with E-state index in [0.29, 0.717) is 13.1 Å². The van der Waals surface area contributed by atoms with Crippen molar-refractivity contribution in [3.05, 3.63) is 41.3 Å². The first-order valence-electron chi connectivity index (χ1n) is 10.8. The molecule has 4 atom stereocenters. The number of aromatic nitrogens is 2. The summed E-state index contributed by atoms with van der Waals surface area (Å²) in [5.41, 5.74) is 1.26. The summed E-state index contributed by atoms with van der Waals surface area (Å²) >= 11 is 0. The summed E-state index contributed by atoms with van der Waals surface area (Å²) in [5, 5.41) is 9.81. The molecule has 1 aliphatic carbocycles. The van der Waals surface area contributed by atoms with Crippen molar-refractivity contribution in [3.63, 3.8) is 0 Å². The quantitative estimate of drug-likeness (QED) is 0.741. The molecule has 1 saturated heterocycles. The van der Waals surface area contributed by atoms with E-state index in [9.17, 15) is 18.4 Å². The number of allylic oxidation sites excluding steroid dienone is 3. The van der Waals surface area contributed by atoms with Crippen LogP contribution in [0.5, 0.6) is 0 Å². The molecule has 174 valence electrons. The fourth-order valence-corrected chi connectivity index (χ4v) is 4.85. The maximum Gasteiger partial charge on any atom is 0.407 e. The number of nitrogens with one attached hydrogen (secondary N) is 2. The Morgan fingerprint density at radius 2 is 2.03 bits per heavy atom. The van der Waals surface area contributed by atoms with E-state index < -0.39 is 47.4 Å². The van der Waals surface area contributed by atoms with E-state index >= 15 is 0 Å². The van der Waals surface area contributed by atoms with Crippen LogP contribution in [0.3, 0.4) is 0 Å². The van der Waals surface area contributed by atoms with Crippen LogP contribution in [0.25, 0.3) is 0 Å². The maximum atomic E-state index is 14.8. The number of piperidine rings is 1. The molecule has 8 nitrogen and oxygen atoms in total. The molecule has 1 aromatic rings. The van der Waals surface area contributed by atoms with Gasteiger partial charge in [0.1, 0.15) is 17.3 Å². The number of carbonyl (C=O) groups excluding carboxylic acids is 2. The first-order chi connectivity index (χ1) is 15.0. The zero-order valence-corrected chi connectivity index (χ0v) is 18.7. The molecule has 10 heteroatoms. The Morgan fingerprint density at radius 1 is 1.28 bits per heavy atom. The average Bonchev–Trinajstić information content (AvgIpc) is 3.27. The number of fused-ring (bicyclic) bond motifs is 1. The van der Waals surface area contributed by atoms with E-state index in [2.05, 4.69) is 15.5 Å². The van der Waals surface area contributed by atoms with Gasteiger partial charge in [-0.15, -0.1) is 0 Å². The van der Waals surface area contributed by atoms with E-state index in [1.807, 2.05) is 4.90 Å². The van der Waals surface area contributed by atoms with Gasteiger partial charge < -0.3 is 15.0 Å². The van der Waals surface area contributed by atoms with Crippen LogP contribution in [0, 0.1) is 5.92 Å². The minimum absolute atomic E-state index is 0.165. The number of hydrogen-bond donors (Lipinski definition) is 2. The number of alkyl carbamates (subject to hydrolysis) is 1. The van der Waals surface area contributed by atoms with Gasteiger partial charge in [-0.2, -0.15) is 5.10 Å². The number of hydrogen-bond acceptors (Lipinski definition) is 5. The summed E-state index contributed by atoms with van der Waals surface area (Å²) in [4.78, 5) is 29.4. The van der Waals surface area contributed by atoms with Gasteiger partial charge in [-0.1, -0.05) is 0 Å². The number of likely N-dealkylation sites (tertiary alicyclic amines) is 1. The molecule has 2 N–H and O–H groups in total. The monoisotopic (exact) mass is 449 g/mol. The Balaban J connectivity index is 1.59. The molecule has 3 unspecified atom stereocenters. The van der Waals surface area contributed by atoms with E-state index in [0.717, 1.165) is 23.4 Å². The smallest absolute Gasteiger partial charge is 0.407 e. The van der Waals surface area contributed by atoms with E-state index in [-0.39, 0.29) is 18.7 Å². The van der Waals surface area contributed by atoms with Gasteiger partial charge in [-0.05, 0) is 39.3 Å². The van der Waals surface area contributed by atoms with Crippen molar-refractivity contribution in [1.29, 1.82) is 0 Å². The van der Waals surface area contributed by atoms with Crippen LogP contribution in [0.4, 0.5) is 13.6 Å². The number of rotatable bonds is 3. The van der Waals surface area contributed by atoms with Crippen LogP contribution in [0.2, 0.25) is 0 Å². The lowest BCUT2D eigenvalue weighted by Crippen LogP contribution is -2.65. The second-order valence-electron chi connectivity index (χ2n) is 9.70. The highest BCUT2D eigenvalue weighted by Gasteiger charge is 2.48. The molecule has 0 radical (unpaired) electrons. The van der Waals surface area contributed by atoms with Crippen LogP contribution < -0.4 is 5.32 Å². The summed E-state index contributed by atoms with van der Waals surface area (Å²) in [7, 11) is 1.59. The fraction of sp³-hybridized carbons (Fsp3) is 0.591. The molecule has 0 aromatic carbocycles. The molecule has 32 heavy (non-hydrogen) atoms. The molecule has 3 aliphatic rings. The number of H-pyrrole nitrogens is 1. The number of carbonyl (C=O) groups is 2. The van der Waals surface area contributed by atoms with Crippen LogP contribution in [-0.4, -0.2) is 62.8 Å². The lowest BCUT2D eigenvalue weighted by Gasteiger charge is -2.47. The van der Waals surface area contributed by atoms with Gasteiger partial charge >= 0.3 is 6.09 Å². The highest BCUT2D eigenvalue weighted by Crippen LogP contribution is 2.38. The minimum atomic E-state index is -0.884. The highest BCUT2D eigenvalue weighted by molar-refractivity contribution is 5.84. The van der Waals surface area contributed by atoms with Crippen molar-refractivity contribution in [2.24, 2.45) is 5.92 Å². The minimum Gasteiger partial charge on any atom is -0.444 e. The van der Waals surface area contributed by atoms with Gasteiger partial charge in [-0.25, -0.2) is 13.6 Å². The molecular weight excluding hydrogens is 420 g/mol. The lowest BCUT2D eigenvalue weighted by molar-refractivity contribution is -0.145. The van der Waals surface area contributed by atoms with Crippen molar-refractivity contribution < 1.29 is 23.1 Å². The molecule has 3 heterocycles. The maximum absolute atomic E-state index is 14.8. The van der Waals surface area contributed by atoms with E-state index in [4.69, 9.17) is 4.74 Å². The Labute approximate surface area is 185 Å². The van der Waals surface area contributed by atoms with Gasteiger partial charge in [0.15, 0.2) is 0 Å². The SMILES string of the molecule is CN1C(=O)C(N2Cc3cn[nH]c3C2)CC(NC(=O)OC(C)(C)C)[C@H]1C1CC(F)=CC=C1F. The number of aromatic amines is 1. The topological polar surface area (TPSA) is 90.6 Å². The third-order valence-electron chi connectivity index (χ3n) is 6.26. The second kappa shape index (κ2) is 8.31. The van der Waals surface area contributed by atoms with Crippen LogP contribution in [0.1, 0.15) is 44.9 Å². The molecule has 4 rings (SSSR count). The Bertz CT molecular complexity index is 947. The van der Waals surface area contributed by atoms with E-state index in [1.165, 1.54) is 4.90 Å². The third kappa shape index (κ3) is 4.41. The molecule has 2 aliphatic heterocycles. The van der Waals surface area contributed by atoms with Crippen molar-refractivity contribution in [2.45, 2.75) is 70.4 Å². The van der Waals surface area contributed by atoms with Gasteiger partial charge in [0.25, 0.3) is 0 Å². The Hall–Kier alpha value is -2.75. The highest BCUT2D eigenvalue weighted by atomic mass is 19.1. The van der Waals surface area contributed by atoms with Crippen molar-refractivity contribution >= 4 is 12.0 Å². The molecule has 0 spiro atoms. The predicted octanol–water partition coefficient (Wildman–Crippen LogP) is 2.94. The predicted molar refractivity (Wildman–Crippen MR) is 112 cm³/mol. The lowest BCUT2D eigenvalue weighted by atomic mass is 9.80. The summed E-state index contributed by atoms with van der Waals surface area (Å²) in [6, 6.07) is -1.89. The second-order valence-corrected chi connectivity index (χ2v) is 9.70. The van der Waals surface area contributed by atoms with Crippen LogP contribution in [-0.2, 0) is 22.6 Å².